The molecule has 0 aliphatic rings. The van der Waals surface area contributed by atoms with Crippen molar-refractivity contribution in [2.75, 3.05) is 12.4 Å². The highest BCUT2D eigenvalue weighted by molar-refractivity contribution is 5.32. The number of aromatic nitrogens is 2. The molecule has 2 N–H and O–H groups in total. The molecule has 0 bridgehead atoms. The molecule has 0 saturated heterocycles. The summed E-state index contributed by atoms with van der Waals surface area (Å²) in [4.78, 5) is 0. The molecule has 2 aromatic rings. The maximum Gasteiger partial charge on any atom is 0.315 e. The highest BCUT2D eigenvalue weighted by atomic mass is 16.4. The lowest BCUT2D eigenvalue weighted by Gasteiger charge is -2.05. The number of anilines is 1. The number of aryl methyl sites for hydroxylation is 2. The molecule has 0 aliphatic heterocycles. The molecular weight excluding hydrogens is 228 g/mol. The number of hydrogen-bond donors (Lipinski definition) is 2. The number of benzene rings is 1. The average Bonchev–Trinajstić information content (AvgIpc) is 2.79. The maximum absolute atomic E-state index is 5.40. The van der Waals surface area contributed by atoms with Gasteiger partial charge in [-0.25, -0.2) is 0 Å². The van der Waals surface area contributed by atoms with Gasteiger partial charge in [-0.3, -0.25) is 0 Å². The Morgan fingerprint density at radius 3 is 2.67 bits per heavy atom. The number of nitrogens with zero attached hydrogens (tertiary/aromatic N) is 2. The van der Waals surface area contributed by atoms with Gasteiger partial charge in [-0.15, -0.1) is 5.10 Å². The van der Waals surface area contributed by atoms with Gasteiger partial charge in [0.25, 0.3) is 0 Å². The molecule has 0 saturated carbocycles. The lowest BCUT2D eigenvalue weighted by Crippen LogP contribution is -2.04. The van der Waals surface area contributed by atoms with E-state index in [1.807, 2.05) is 7.05 Å². The summed E-state index contributed by atoms with van der Waals surface area (Å²) in [7, 11) is 1.84. The Morgan fingerprint density at radius 2 is 1.94 bits per heavy atom. The predicted octanol–water partition coefficient (Wildman–Crippen LogP) is 2.02. The van der Waals surface area contributed by atoms with E-state index in [0.717, 1.165) is 0 Å². The molecule has 2 rings (SSSR count). The molecule has 0 unspecified atom stereocenters. The quantitative estimate of drug-likeness (QED) is 0.845. The third-order valence-corrected chi connectivity index (χ3v) is 2.81. The van der Waals surface area contributed by atoms with E-state index in [1.54, 1.807) is 0 Å². The fraction of sp³-hybridized carbons (Fsp3) is 0.385. The summed E-state index contributed by atoms with van der Waals surface area (Å²) in [5, 5.41) is 13.9. The van der Waals surface area contributed by atoms with Crippen LogP contribution in [0.2, 0.25) is 0 Å². The van der Waals surface area contributed by atoms with Crippen molar-refractivity contribution in [3.63, 3.8) is 0 Å². The molecule has 5 heteroatoms. The minimum Gasteiger partial charge on any atom is -0.407 e. The normalized spacial score (nSPS) is 10.6. The van der Waals surface area contributed by atoms with E-state index in [2.05, 4.69) is 52.9 Å². The maximum atomic E-state index is 5.40. The zero-order valence-corrected chi connectivity index (χ0v) is 10.9. The number of rotatable bonds is 5. The van der Waals surface area contributed by atoms with Crippen molar-refractivity contribution in [2.45, 2.75) is 26.9 Å². The first-order valence-corrected chi connectivity index (χ1v) is 5.96. The topological polar surface area (TPSA) is 63.0 Å². The van der Waals surface area contributed by atoms with E-state index in [4.69, 9.17) is 4.42 Å². The number of hydrogen-bond acceptors (Lipinski definition) is 5. The van der Waals surface area contributed by atoms with E-state index in [0.29, 0.717) is 25.0 Å². The van der Waals surface area contributed by atoms with E-state index in [-0.39, 0.29) is 0 Å². The Morgan fingerprint density at radius 1 is 1.11 bits per heavy atom. The SMILES string of the molecule is CNCc1nnc(NCc2ccc(C)c(C)c2)o1. The van der Waals surface area contributed by atoms with Gasteiger partial charge in [-0.05, 0) is 37.6 Å². The van der Waals surface area contributed by atoms with Gasteiger partial charge in [-0.1, -0.05) is 23.3 Å². The minimum absolute atomic E-state index is 0.457. The molecule has 96 valence electrons. The highest BCUT2D eigenvalue weighted by Gasteiger charge is 2.04. The van der Waals surface area contributed by atoms with E-state index < -0.39 is 0 Å². The first-order chi connectivity index (χ1) is 8.69. The molecule has 0 fully saturated rings. The van der Waals surface area contributed by atoms with Crippen molar-refractivity contribution in [2.24, 2.45) is 0 Å². The summed E-state index contributed by atoms with van der Waals surface area (Å²) in [6.45, 7) is 5.48. The molecule has 0 atom stereocenters. The van der Waals surface area contributed by atoms with Crippen LogP contribution in [0.25, 0.3) is 0 Å². The summed E-state index contributed by atoms with van der Waals surface area (Å²) in [6, 6.07) is 6.83. The molecular formula is C13H18N4O. The first-order valence-electron chi connectivity index (χ1n) is 5.96. The molecule has 5 nitrogen and oxygen atoms in total. The molecule has 18 heavy (non-hydrogen) atoms. The number of nitrogens with one attached hydrogen (secondary N) is 2. The lowest BCUT2D eigenvalue weighted by molar-refractivity contribution is 0.489. The second-order valence-electron chi connectivity index (χ2n) is 4.30. The second kappa shape index (κ2) is 5.64. The monoisotopic (exact) mass is 246 g/mol. The van der Waals surface area contributed by atoms with Gasteiger partial charge in [-0.2, -0.15) is 0 Å². The van der Waals surface area contributed by atoms with Gasteiger partial charge in [0.2, 0.25) is 5.89 Å². The van der Waals surface area contributed by atoms with Crippen LogP contribution in [0.4, 0.5) is 6.01 Å². The van der Waals surface area contributed by atoms with Gasteiger partial charge in [0.15, 0.2) is 0 Å². The molecule has 0 aliphatic carbocycles. The van der Waals surface area contributed by atoms with Gasteiger partial charge in [0.1, 0.15) is 0 Å². The first kappa shape index (κ1) is 12.6. The van der Waals surface area contributed by atoms with Crippen molar-refractivity contribution in [1.29, 1.82) is 0 Å². The fourth-order valence-electron chi connectivity index (χ4n) is 1.64. The molecule has 1 aromatic carbocycles. The standard InChI is InChI=1S/C13H18N4O/c1-9-4-5-11(6-10(9)2)7-15-13-17-16-12(18-13)8-14-3/h4-6,14H,7-8H2,1-3H3,(H,15,17). The molecule has 0 radical (unpaired) electrons. The molecule has 1 aromatic heterocycles. The van der Waals surface area contributed by atoms with Crippen LogP contribution < -0.4 is 10.6 Å². The third-order valence-electron chi connectivity index (χ3n) is 2.81. The third kappa shape index (κ3) is 3.07. The van der Waals surface area contributed by atoms with Crippen molar-refractivity contribution < 1.29 is 4.42 Å². The minimum atomic E-state index is 0.457. The highest BCUT2D eigenvalue weighted by Crippen LogP contribution is 2.12. The van der Waals surface area contributed by atoms with E-state index in [9.17, 15) is 0 Å². The smallest absolute Gasteiger partial charge is 0.315 e. The van der Waals surface area contributed by atoms with Crippen LogP contribution in [0, 0.1) is 13.8 Å². The fourth-order valence-corrected chi connectivity index (χ4v) is 1.64. The summed E-state index contributed by atoms with van der Waals surface area (Å²) in [5.74, 6) is 0.583. The zero-order chi connectivity index (χ0) is 13.0. The summed E-state index contributed by atoms with van der Waals surface area (Å²) >= 11 is 0. The summed E-state index contributed by atoms with van der Waals surface area (Å²) < 4.78 is 5.40. The van der Waals surface area contributed by atoms with Crippen LogP contribution in [0.3, 0.4) is 0 Å². The van der Waals surface area contributed by atoms with Crippen molar-refractivity contribution >= 4 is 6.01 Å². The molecule has 0 spiro atoms. The lowest BCUT2D eigenvalue weighted by atomic mass is 10.1. The average molecular weight is 246 g/mol. The predicted molar refractivity (Wildman–Crippen MR) is 70.3 cm³/mol. The van der Waals surface area contributed by atoms with Crippen LogP contribution in [-0.4, -0.2) is 17.2 Å². The van der Waals surface area contributed by atoms with Gasteiger partial charge in [0.05, 0.1) is 6.54 Å². The van der Waals surface area contributed by atoms with Crippen LogP contribution in [0.15, 0.2) is 22.6 Å². The van der Waals surface area contributed by atoms with Crippen LogP contribution in [0.1, 0.15) is 22.6 Å². The Labute approximate surface area is 107 Å². The summed E-state index contributed by atoms with van der Waals surface area (Å²) in [6.07, 6.45) is 0. The van der Waals surface area contributed by atoms with Crippen molar-refractivity contribution in [1.82, 2.24) is 15.5 Å². The Kier molecular flexibility index (Phi) is 3.94. The van der Waals surface area contributed by atoms with Gasteiger partial charge < -0.3 is 15.1 Å². The van der Waals surface area contributed by atoms with Crippen LogP contribution in [0.5, 0.6) is 0 Å². The second-order valence-corrected chi connectivity index (χ2v) is 4.30. The van der Waals surface area contributed by atoms with Crippen LogP contribution in [-0.2, 0) is 13.1 Å². The zero-order valence-electron chi connectivity index (χ0n) is 10.9. The Hall–Kier alpha value is -1.88. The van der Waals surface area contributed by atoms with Crippen LogP contribution >= 0.6 is 0 Å². The Bertz CT molecular complexity index is 521. The van der Waals surface area contributed by atoms with Crippen molar-refractivity contribution in [3.05, 3.63) is 40.8 Å². The molecule has 1 heterocycles. The van der Waals surface area contributed by atoms with Gasteiger partial charge in [0, 0.05) is 6.54 Å². The Balaban J connectivity index is 1.95. The van der Waals surface area contributed by atoms with E-state index in [1.165, 1.54) is 16.7 Å². The van der Waals surface area contributed by atoms with E-state index >= 15 is 0 Å². The van der Waals surface area contributed by atoms with Gasteiger partial charge >= 0.3 is 6.01 Å². The molecule has 0 amide bonds. The van der Waals surface area contributed by atoms with Crippen molar-refractivity contribution in [3.8, 4) is 0 Å². The largest absolute Gasteiger partial charge is 0.407 e. The summed E-state index contributed by atoms with van der Waals surface area (Å²) in [5.41, 5.74) is 3.79.